The Bertz CT molecular complexity index is 620. The van der Waals surface area contributed by atoms with Gasteiger partial charge in [0.25, 0.3) is 0 Å². The summed E-state index contributed by atoms with van der Waals surface area (Å²) in [6.45, 7) is -1.00. The third kappa shape index (κ3) is 8.01. The van der Waals surface area contributed by atoms with E-state index in [0.29, 0.717) is 11.0 Å². The molecule has 1 unspecified atom stereocenters. The van der Waals surface area contributed by atoms with Crippen LogP contribution in [0, 0.1) is 0 Å². The number of rotatable bonds is 12. The van der Waals surface area contributed by atoms with Gasteiger partial charge in [-0.15, -0.1) is 0 Å². The number of hydrogen-bond donors (Lipinski definition) is 2. The Morgan fingerprint density at radius 3 is 1.87 bits per heavy atom. The first-order valence-electron chi connectivity index (χ1n) is 8.81. The van der Waals surface area contributed by atoms with Crippen molar-refractivity contribution in [1.29, 1.82) is 0 Å². The first-order valence-corrected chi connectivity index (χ1v) is 8.81. The Balaban J connectivity index is 5.12. The average molecular weight is 478 g/mol. The number of halogens is 9. The number of esters is 1. The summed E-state index contributed by atoms with van der Waals surface area (Å²) in [7, 11) is 6.63. The minimum Gasteiger partial charge on any atom is -0.464 e. The highest BCUT2D eigenvalue weighted by Crippen LogP contribution is 2.53. The Morgan fingerprint density at radius 2 is 1.45 bits per heavy atom. The van der Waals surface area contributed by atoms with E-state index in [1.165, 1.54) is 7.05 Å². The van der Waals surface area contributed by atoms with Gasteiger partial charge in [0.2, 0.25) is 5.91 Å². The van der Waals surface area contributed by atoms with Crippen LogP contribution in [0.25, 0.3) is 0 Å². The Morgan fingerprint density at radius 1 is 0.935 bits per heavy atom. The number of carbonyl (C=O) groups is 2. The number of carbonyl (C=O) groups excluding carboxylic acids is 2. The van der Waals surface area contributed by atoms with Crippen molar-refractivity contribution in [2.45, 2.75) is 42.8 Å². The second-order valence-electron chi connectivity index (χ2n) is 7.67. The summed E-state index contributed by atoms with van der Waals surface area (Å²) < 4.78 is 120. The molecule has 0 fully saturated rings. The van der Waals surface area contributed by atoms with E-state index in [-0.39, 0.29) is 6.54 Å². The molecule has 0 rings (SSSR count). The van der Waals surface area contributed by atoms with Gasteiger partial charge in [0, 0.05) is 13.6 Å². The molecule has 1 amide bonds. The maximum Gasteiger partial charge on any atom is 0.460 e. The molecule has 31 heavy (non-hydrogen) atoms. The number of amides is 1. The van der Waals surface area contributed by atoms with Crippen molar-refractivity contribution in [3.63, 3.8) is 0 Å². The second-order valence-corrected chi connectivity index (χ2v) is 7.67. The summed E-state index contributed by atoms with van der Waals surface area (Å²) in [5.74, 6) is -21.6. The van der Waals surface area contributed by atoms with E-state index in [0.717, 1.165) is 0 Å². The minimum atomic E-state index is -7.01. The lowest BCUT2D eigenvalue weighted by molar-refractivity contribution is -0.869. The van der Waals surface area contributed by atoms with Crippen molar-refractivity contribution in [2.75, 3.05) is 47.9 Å². The molecule has 1 atom stereocenters. The summed E-state index contributed by atoms with van der Waals surface area (Å²) in [5.41, 5.74) is 0. The van der Waals surface area contributed by atoms with Crippen LogP contribution in [0.2, 0.25) is 0 Å². The third-order valence-corrected chi connectivity index (χ3v) is 4.00. The molecule has 0 aromatic carbocycles. The van der Waals surface area contributed by atoms with Crippen molar-refractivity contribution in [3.8, 4) is 0 Å². The van der Waals surface area contributed by atoms with Gasteiger partial charge in [-0.05, 0) is 0 Å². The van der Waals surface area contributed by atoms with Crippen molar-refractivity contribution in [2.24, 2.45) is 0 Å². The SMILES string of the molecule is CNC(=O)CC(NCC[N+](C)(C)C)C(=O)OCCC(F)(F)C(F)(F)C(F)(F)C(F)(F)F. The molecule has 0 aromatic rings. The van der Waals surface area contributed by atoms with Gasteiger partial charge < -0.3 is 14.5 Å². The van der Waals surface area contributed by atoms with Crippen molar-refractivity contribution in [3.05, 3.63) is 0 Å². The first kappa shape index (κ1) is 29.2. The van der Waals surface area contributed by atoms with Crippen LogP contribution in [0.3, 0.4) is 0 Å². The smallest absolute Gasteiger partial charge is 0.460 e. The molecule has 0 saturated carbocycles. The van der Waals surface area contributed by atoms with E-state index in [4.69, 9.17) is 0 Å². The molecule has 184 valence electrons. The predicted molar refractivity (Wildman–Crippen MR) is 89.8 cm³/mol. The number of hydrogen-bond acceptors (Lipinski definition) is 4. The van der Waals surface area contributed by atoms with Gasteiger partial charge in [-0.1, -0.05) is 0 Å². The van der Waals surface area contributed by atoms with Gasteiger partial charge in [0.05, 0.1) is 47.1 Å². The van der Waals surface area contributed by atoms with Crippen LogP contribution in [0.1, 0.15) is 12.8 Å². The van der Waals surface area contributed by atoms with Crippen LogP contribution in [0.15, 0.2) is 0 Å². The summed E-state index contributed by atoms with van der Waals surface area (Å²) in [4.78, 5) is 23.5. The van der Waals surface area contributed by atoms with Crippen LogP contribution in [0.4, 0.5) is 39.5 Å². The maximum absolute atomic E-state index is 13.5. The molecule has 0 aromatic heterocycles. The fourth-order valence-electron chi connectivity index (χ4n) is 2.05. The quantitative estimate of drug-likeness (QED) is 0.257. The zero-order valence-electron chi connectivity index (χ0n) is 17.2. The predicted octanol–water partition coefficient (Wildman–Crippen LogP) is 2.19. The Labute approximate surface area is 172 Å². The highest BCUT2D eigenvalue weighted by Gasteiger charge is 2.81. The van der Waals surface area contributed by atoms with Gasteiger partial charge in [-0.3, -0.25) is 14.9 Å². The van der Waals surface area contributed by atoms with Gasteiger partial charge in [0.15, 0.2) is 0 Å². The lowest BCUT2D eigenvalue weighted by atomic mass is 10.0. The summed E-state index contributed by atoms with van der Waals surface area (Å²) in [6, 6.07) is -1.39. The summed E-state index contributed by atoms with van der Waals surface area (Å²) in [6.07, 6.45) is -9.75. The van der Waals surface area contributed by atoms with Gasteiger partial charge in [-0.2, -0.15) is 39.5 Å². The Kier molecular flexibility index (Phi) is 9.65. The van der Waals surface area contributed by atoms with Gasteiger partial charge in [0.1, 0.15) is 6.04 Å². The summed E-state index contributed by atoms with van der Waals surface area (Å²) in [5, 5.41) is 4.80. The van der Waals surface area contributed by atoms with E-state index < -0.39 is 61.3 Å². The number of ether oxygens (including phenoxy) is 1. The van der Waals surface area contributed by atoms with Gasteiger partial charge >= 0.3 is 29.9 Å². The molecule has 0 radical (unpaired) electrons. The van der Waals surface area contributed by atoms with Crippen molar-refractivity contribution in [1.82, 2.24) is 10.6 Å². The lowest BCUT2D eigenvalue weighted by Gasteiger charge is -2.33. The topological polar surface area (TPSA) is 67.4 Å². The molecule has 0 saturated heterocycles. The van der Waals surface area contributed by atoms with E-state index in [9.17, 15) is 49.1 Å². The molecule has 15 heteroatoms. The van der Waals surface area contributed by atoms with Crippen LogP contribution in [-0.4, -0.2) is 94.2 Å². The average Bonchev–Trinajstić information content (AvgIpc) is 2.57. The highest BCUT2D eigenvalue weighted by atomic mass is 19.4. The van der Waals surface area contributed by atoms with Gasteiger partial charge in [-0.25, -0.2) is 0 Å². The van der Waals surface area contributed by atoms with Crippen LogP contribution < -0.4 is 10.6 Å². The lowest BCUT2D eigenvalue weighted by Crippen LogP contribution is -2.61. The third-order valence-electron chi connectivity index (χ3n) is 4.00. The number of alkyl halides is 9. The molecular formula is C16H25F9N3O3+. The van der Waals surface area contributed by atoms with Crippen LogP contribution in [0.5, 0.6) is 0 Å². The van der Waals surface area contributed by atoms with Crippen LogP contribution >= 0.6 is 0 Å². The van der Waals surface area contributed by atoms with E-state index in [1.54, 1.807) is 21.1 Å². The van der Waals surface area contributed by atoms with Crippen molar-refractivity contribution >= 4 is 11.9 Å². The molecule has 2 N–H and O–H groups in total. The number of quaternary nitrogens is 1. The summed E-state index contributed by atoms with van der Waals surface area (Å²) >= 11 is 0. The normalized spacial score (nSPS) is 14.9. The molecule has 0 aliphatic rings. The largest absolute Gasteiger partial charge is 0.464 e. The molecule has 0 aliphatic heterocycles. The number of nitrogens with one attached hydrogen (secondary N) is 2. The first-order chi connectivity index (χ1) is 13.7. The molecule has 0 bridgehead atoms. The zero-order chi connectivity index (χ0) is 24.9. The maximum atomic E-state index is 13.5. The number of likely N-dealkylation sites (N-methyl/N-ethyl adjacent to an activating group) is 1. The molecular weight excluding hydrogens is 453 g/mol. The molecule has 0 spiro atoms. The van der Waals surface area contributed by atoms with Crippen LogP contribution in [-0.2, 0) is 14.3 Å². The molecule has 0 aliphatic carbocycles. The second kappa shape index (κ2) is 10.2. The monoisotopic (exact) mass is 478 g/mol. The Hall–Kier alpha value is -1.77. The van der Waals surface area contributed by atoms with E-state index in [1.807, 2.05) is 0 Å². The number of nitrogens with zero attached hydrogens (tertiary/aromatic N) is 1. The fourth-order valence-corrected chi connectivity index (χ4v) is 2.05. The van der Waals surface area contributed by atoms with E-state index >= 15 is 0 Å². The standard InChI is InChI=1S/C16H24F9N3O3/c1-26-11(29)9-10(27-6-7-28(2,3)4)12(30)31-8-5-13(17,18)14(19,20)15(21,22)16(23,24)25/h10,27H,5-9H2,1-4H3/p+1. The fraction of sp³-hybridized carbons (Fsp3) is 0.875. The molecule has 0 heterocycles. The highest BCUT2D eigenvalue weighted by molar-refractivity contribution is 5.85. The minimum absolute atomic E-state index is 0.145. The van der Waals surface area contributed by atoms with E-state index in [2.05, 4.69) is 15.4 Å². The zero-order valence-corrected chi connectivity index (χ0v) is 17.2. The van der Waals surface area contributed by atoms with Crippen molar-refractivity contribution < 1.29 is 58.3 Å². The molecule has 6 nitrogen and oxygen atoms in total.